The van der Waals surface area contributed by atoms with Gasteiger partial charge in [0.05, 0.1) is 5.75 Å². The largest absolute Gasteiger partial charge is 0.480 e. The molecule has 0 fully saturated rings. The molecule has 4 N–H and O–H groups in total. The molecule has 0 heterocycles. The Balaban J connectivity index is 0. The van der Waals surface area contributed by atoms with Crippen LogP contribution in [-0.4, -0.2) is 31.6 Å². The lowest BCUT2D eigenvalue weighted by Gasteiger charge is -1.99. The molecule has 0 aromatic heterocycles. The molecule has 1 unspecified atom stereocenters. The maximum atomic E-state index is 9.88. The summed E-state index contributed by atoms with van der Waals surface area (Å²) in [5, 5.41) is 8.06. The fourth-order valence-corrected chi connectivity index (χ4v) is 0.675. The highest BCUT2D eigenvalue weighted by molar-refractivity contribution is 7.79. The van der Waals surface area contributed by atoms with Crippen LogP contribution in [0.5, 0.6) is 0 Å². The second kappa shape index (κ2) is 5.30. The zero-order chi connectivity index (χ0) is 7.44. The molecule has 6 nitrogen and oxygen atoms in total. The Morgan fingerprint density at radius 3 is 2.20 bits per heavy atom. The van der Waals surface area contributed by atoms with E-state index in [4.69, 9.17) is 15.4 Å². The van der Waals surface area contributed by atoms with Crippen molar-refractivity contribution in [3.63, 3.8) is 0 Å². The molecule has 2 radical (unpaired) electrons. The highest BCUT2D eigenvalue weighted by atomic mass is 32.2. The summed E-state index contributed by atoms with van der Waals surface area (Å²) in [4.78, 5) is 9.86. The Morgan fingerprint density at radius 1 is 1.70 bits per heavy atom. The number of hydrogen-bond donors (Lipinski definition) is 3. The van der Waals surface area contributed by atoms with Crippen LogP contribution in [0.3, 0.4) is 0 Å². The van der Waals surface area contributed by atoms with Gasteiger partial charge in [0.15, 0.2) is 11.1 Å². The van der Waals surface area contributed by atoms with Crippen LogP contribution in [0.1, 0.15) is 0 Å². The Hall–Kier alpha value is -0.500. The van der Waals surface area contributed by atoms with E-state index >= 15 is 0 Å². The van der Waals surface area contributed by atoms with E-state index in [2.05, 4.69) is 0 Å². The zero-order valence-electron chi connectivity index (χ0n) is 4.89. The van der Waals surface area contributed by atoms with Gasteiger partial charge >= 0.3 is 5.97 Å². The van der Waals surface area contributed by atoms with E-state index in [1.165, 1.54) is 0 Å². The van der Waals surface area contributed by atoms with Crippen LogP contribution in [0.4, 0.5) is 0 Å². The second-order valence-electron chi connectivity index (χ2n) is 1.43. The first-order valence-electron chi connectivity index (χ1n) is 2.10. The summed E-state index contributed by atoms with van der Waals surface area (Å²) in [7, 11) is 0. The standard InChI is InChI=1S/C3H7NO4S.O/c4-2(3(5)6)1-9(7)8;/h2H,1,4H2,(H,5,6)(H,7,8);/t2-;/m0./s1. The highest BCUT2D eigenvalue weighted by Gasteiger charge is 2.13. The minimum Gasteiger partial charge on any atom is -0.480 e. The number of aliphatic carboxylic acids is 1. The summed E-state index contributed by atoms with van der Waals surface area (Å²) in [5.74, 6) is -1.69. The smallest absolute Gasteiger partial charge is 0.321 e. The topological polar surface area (TPSA) is 129 Å². The maximum absolute atomic E-state index is 9.88. The molecular formula is C3H7NO5S. The van der Waals surface area contributed by atoms with Gasteiger partial charge in [0, 0.05) is 5.48 Å². The van der Waals surface area contributed by atoms with Gasteiger partial charge < -0.3 is 15.4 Å². The number of carboxylic acids is 1. The van der Waals surface area contributed by atoms with Crippen molar-refractivity contribution in [2.45, 2.75) is 6.04 Å². The molecule has 0 aliphatic heterocycles. The van der Waals surface area contributed by atoms with Crippen molar-refractivity contribution >= 4 is 17.0 Å². The molecule has 0 saturated carbocycles. The first kappa shape index (κ1) is 12.2. The minimum absolute atomic E-state index is 0. The quantitative estimate of drug-likeness (QED) is 0.443. The summed E-state index contributed by atoms with van der Waals surface area (Å²) in [6.45, 7) is 0. The van der Waals surface area contributed by atoms with Gasteiger partial charge in [0.2, 0.25) is 0 Å². The molecule has 0 amide bonds. The highest BCUT2D eigenvalue weighted by Crippen LogP contribution is 1.81. The Labute approximate surface area is 59.6 Å². The lowest BCUT2D eigenvalue weighted by atomic mass is 10.4. The van der Waals surface area contributed by atoms with Crippen molar-refractivity contribution in [1.29, 1.82) is 0 Å². The number of nitrogens with two attached hydrogens (primary N) is 1. The van der Waals surface area contributed by atoms with E-state index < -0.39 is 28.8 Å². The summed E-state index contributed by atoms with van der Waals surface area (Å²) in [6, 6.07) is -1.24. The van der Waals surface area contributed by atoms with Gasteiger partial charge in [-0.15, -0.1) is 0 Å². The third kappa shape index (κ3) is 5.63. The van der Waals surface area contributed by atoms with Crippen LogP contribution >= 0.6 is 0 Å². The van der Waals surface area contributed by atoms with Crippen molar-refractivity contribution < 1.29 is 24.1 Å². The van der Waals surface area contributed by atoms with Gasteiger partial charge in [-0.25, -0.2) is 4.21 Å². The normalized spacial score (nSPS) is 15.0. The molecule has 0 aromatic carbocycles. The zero-order valence-corrected chi connectivity index (χ0v) is 5.71. The Bertz CT molecular complexity index is 137. The Morgan fingerprint density at radius 2 is 2.10 bits per heavy atom. The van der Waals surface area contributed by atoms with Crippen molar-refractivity contribution in [2.24, 2.45) is 5.73 Å². The van der Waals surface area contributed by atoms with Crippen molar-refractivity contribution in [1.82, 2.24) is 0 Å². The number of carboxylic acid groups (broad SMARTS) is 1. The molecule has 10 heavy (non-hydrogen) atoms. The SMILES string of the molecule is N[C@@H](CS(=O)O)C(=O)O.[O]. The predicted octanol–water partition coefficient (Wildman–Crippen LogP) is -1.50. The number of hydrogen-bond acceptors (Lipinski definition) is 3. The van der Waals surface area contributed by atoms with Crippen LogP contribution in [0.15, 0.2) is 0 Å². The summed E-state index contributed by atoms with van der Waals surface area (Å²) >= 11 is -2.12. The molecule has 0 spiro atoms. The fourth-order valence-electron chi connectivity index (χ4n) is 0.225. The maximum Gasteiger partial charge on any atom is 0.321 e. The van der Waals surface area contributed by atoms with E-state index in [0.29, 0.717) is 0 Å². The first-order valence-corrected chi connectivity index (χ1v) is 3.37. The van der Waals surface area contributed by atoms with E-state index in [1.807, 2.05) is 0 Å². The van der Waals surface area contributed by atoms with Gasteiger partial charge in [-0.05, 0) is 0 Å². The molecule has 2 atom stereocenters. The predicted molar refractivity (Wildman–Crippen MR) is 31.9 cm³/mol. The van der Waals surface area contributed by atoms with Crippen LogP contribution in [0, 0.1) is 0 Å². The van der Waals surface area contributed by atoms with Gasteiger partial charge in [0.25, 0.3) is 0 Å². The van der Waals surface area contributed by atoms with Crippen LogP contribution in [0.25, 0.3) is 0 Å². The van der Waals surface area contributed by atoms with Crippen LogP contribution < -0.4 is 5.73 Å². The fraction of sp³-hybridized carbons (Fsp3) is 0.667. The van der Waals surface area contributed by atoms with Gasteiger partial charge in [0.1, 0.15) is 6.04 Å². The minimum atomic E-state index is -2.12. The van der Waals surface area contributed by atoms with E-state index in [-0.39, 0.29) is 5.48 Å². The molecule has 0 bridgehead atoms. The second-order valence-corrected chi connectivity index (χ2v) is 2.41. The van der Waals surface area contributed by atoms with E-state index in [0.717, 1.165) is 0 Å². The van der Waals surface area contributed by atoms with Crippen molar-refractivity contribution in [3.05, 3.63) is 0 Å². The molecule has 0 rings (SSSR count). The van der Waals surface area contributed by atoms with E-state index in [1.54, 1.807) is 0 Å². The van der Waals surface area contributed by atoms with E-state index in [9.17, 15) is 9.00 Å². The summed E-state index contributed by atoms with van der Waals surface area (Å²) in [6.07, 6.45) is 0. The lowest BCUT2D eigenvalue weighted by Crippen LogP contribution is -2.35. The average Bonchev–Trinajstić information content (AvgIpc) is 1.63. The third-order valence-electron chi connectivity index (χ3n) is 0.639. The molecular weight excluding hydrogens is 162 g/mol. The number of carbonyl (C=O) groups is 1. The molecule has 60 valence electrons. The summed E-state index contributed by atoms with van der Waals surface area (Å²) < 4.78 is 18.0. The first-order chi connectivity index (χ1) is 4.04. The molecule has 0 saturated heterocycles. The molecule has 0 aliphatic carbocycles. The summed E-state index contributed by atoms with van der Waals surface area (Å²) in [5.41, 5.74) is 4.86. The van der Waals surface area contributed by atoms with Gasteiger partial charge in [-0.1, -0.05) is 0 Å². The van der Waals surface area contributed by atoms with Crippen LogP contribution in [-0.2, 0) is 21.4 Å². The molecule has 0 aromatic rings. The number of rotatable bonds is 3. The molecule has 0 aliphatic rings. The van der Waals surface area contributed by atoms with Gasteiger partial charge in [-0.2, -0.15) is 0 Å². The van der Waals surface area contributed by atoms with Crippen molar-refractivity contribution in [3.8, 4) is 0 Å². The van der Waals surface area contributed by atoms with Crippen molar-refractivity contribution in [2.75, 3.05) is 5.75 Å². The monoisotopic (exact) mass is 169 g/mol. The van der Waals surface area contributed by atoms with Gasteiger partial charge in [-0.3, -0.25) is 4.79 Å². The lowest BCUT2D eigenvalue weighted by molar-refractivity contribution is -0.137. The molecule has 7 heteroatoms. The van der Waals surface area contributed by atoms with Crippen LogP contribution in [0.2, 0.25) is 0 Å². The average molecular weight is 169 g/mol. The Kier molecular flexibility index (Phi) is 6.46. The third-order valence-corrected chi connectivity index (χ3v) is 1.28.